The van der Waals surface area contributed by atoms with E-state index in [0.29, 0.717) is 18.7 Å². The molecule has 0 unspecified atom stereocenters. The predicted octanol–water partition coefficient (Wildman–Crippen LogP) is 4.16. The van der Waals surface area contributed by atoms with Crippen LogP contribution in [0.1, 0.15) is 42.5 Å². The number of aryl methyl sites for hydroxylation is 3. The zero-order valence-electron chi connectivity index (χ0n) is 18.9. The van der Waals surface area contributed by atoms with Crippen molar-refractivity contribution in [3.63, 3.8) is 0 Å². The fraction of sp³-hybridized carbons (Fsp3) is 0.458. The lowest BCUT2D eigenvalue weighted by molar-refractivity contribution is -0.116. The first kappa shape index (κ1) is 21.2. The van der Waals surface area contributed by atoms with Crippen LogP contribution in [0.15, 0.2) is 24.3 Å². The van der Waals surface area contributed by atoms with Crippen molar-refractivity contribution in [1.82, 2.24) is 14.8 Å². The van der Waals surface area contributed by atoms with E-state index in [1.54, 1.807) is 11.8 Å². The van der Waals surface area contributed by atoms with E-state index < -0.39 is 0 Å². The highest BCUT2D eigenvalue weighted by Gasteiger charge is 2.19. The lowest BCUT2D eigenvalue weighted by Crippen LogP contribution is -2.29. The molecular weight excluding hydrogens is 390 g/mol. The van der Waals surface area contributed by atoms with Crippen LogP contribution in [0, 0.1) is 13.8 Å². The van der Waals surface area contributed by atoms with E-state index >= 15 is 0 Å². The van der Waals surface area contributed by atoms with E-state index in [0.717, 1.165) is 46.6 Å². The third-order valence-corrected chi connectivity index (χ3v) is 6.17. The molecule has 1 aliphatic heterocycles. The second-order valence-corrected chi connectivity index (χ2v) is 8.28. The number of benzene rings is 1. The van der Waals surface area contributed by atoms with E-state index in [9.17, 15) is 4.79 Å². The van der Waals surface area contributed by atoms with E-state index in [2.05, 4.69) is 34.4 Å². The van der Waals surface area contributed by atoms with Crippen molar-refractivity contribution in [2.45, 2.75) is 46.0 Å². The first-order valence-electron chi connectivity index (χ1n) is 11.0. The van der Waals surface area contributed by atoms with Crippen LogP contribution in [0.25, 0.3) is 11.0 Å². The fourth-order valence-corrected chi connectivity index (χ4v) is 4.50. The largest absolute Gasteiger partial charge is 0.479 e. The van der Waals surface area contributed by atoms with E-state index in [1.807, 2.05) is 26.1 Å². The Hall–Kier alpha value is -3.09. The highest BCUT2D eigenvalue weighted by atomic mass is 16.5. The molecular formula is C24H31N5O2. The lowest BCUT2D eigenvalue weighted by atomic mass is 10.00. The zero-order valence-corrected chi connectivity index (χ0v) is 18.9. The van der Waals surface area contributed by atoms with Gasteiger partial charge in [-0.1, -0.05) is 6.07 Å². The number of hydrogen-bond donors (Lipinski definition) is 1. The second kappa shape index (κ2) is 8.96. The molecule has 2 aromatic heterocycles. The summed E-state index contributed by atoms with van der Waals surface area (Å²) in [4.78, 5) is 19.8. The summed E-state index contributed by atoms with van der Waals surface area (Å²) in [6.07, 6.45) is 4.78. The van der Waals surface area contributed by atoms with Crippen molar-refractivity contribution in [3.05, 3.63) is 41.1 Å². The van der Waals surface area contributed by atoms with E-state index in [4.69, 9.17) is 9.72 Å². The maximum Gasteiger partial charge on any atom is 0.242 e. The zero-order chi connectivity index (χ0) is 22.0. The summed E-state index contributed by atoms with van der Waals surface area (Å²) in [6.45, 7) is 6.21. The molecule has 1 amide bonds. The molecule has 1 aliphatic rings. The number of ether oxygens (including phenoxy) is 1. The summed E-state index contributed by atoms with van der Waals surface area (Å²) >= 11 is 0. The normalized spacial score (nSPS) is 14.1. The first-order valence-corrected chi connectivity index (χ1v) is 11.0. The van der Waals surface area contributed by atoms with Crippen LogP contribution < -0.4 is 15.0 Å². The van der Waals surface area contributed by atoms with Gasteiger partial charge >= 0.3 is 0 Å². The Kier molecular flexibility index (Phi) is 6.11. The quantitative estimate of drug-likeness (QED) is 0.647. The molecule has 7 heteroatoms. The van der Waals surface area contributed by atoms with Crippen LogP contribution >= 0.6 is 0 Å². The second-order valence-electron chi connectivity index (χ2n) is 8.28. The van der Waals surface area contributed by atoms with Gasteiger partial charge in [0.15, 0.2) is 5.65 Å². The van der Waals surface area contributed by atoms with Crippen LogP contribution in [0.5, 0.6) is 5.88 Å². The Bertz CT molecular complexity index is 1100. The molecule has 0 radical (unpaired) electrons. The average molecular weight is 422 g/mol. The van der Waals surface area contributed by atoms with Gasteiger partial charge in [-0.15, -0.1) is 5.10 Å². The minimum atomic E-state index is 0.00726. The fourth-order valence-electron chi connectivity index (χ4n) is 4.50. The summed E-state index contributed by atoms with van der Waals surface area (Å²) in [5.74, 6) is 0.579. The van der Waals surface area contributed by atoms with Gasteiger partial charge in [0.2, 0.25) is 11.8 Å². The SMILES string of the molecule is COc1nn(C)c2nc(C)c(CCC(=O)Nc3cccc(N4CCCCC4)c3)c(C)c12. The standard InChI is InChI=1S/C24H31N5O2/c1-16-20(17(2)25-23-22(16)24(31-4)27-28(23)3)11-12-21(30)26-18-9-8-10-19(15-18)29-13-6-5-7-14-29/h8-10,15H,5-7,11-14H2,1-4H3,(H,26,30). The highest BCUT2D eigenvalue weighted by Crippen LogP contribution is 2.30. The Balaban J connectivity index is 1.46. The molecule has 1 N–H and O–H groups in total. The number of piperidine rings is 1. The number of amides is 1. The van der Waals surface area contributed by atoms with Crippen molar-refractivity contribution in [3.8, 4) is 5.88 Å². The molecule has 4 rings (SSSR count). The van der Waals surface area contributed by atoms with Crippen molar-refractivity contribution < 1.29 is 9.53 Å². The number of carbonyl (C=O) groups excluding carboxylic acids is 1. The number of anilines is 2. The topological polar surface area (TPSA) is 72.3 Å². The maximum atomic E-state index is 12.7. The maximum absolute atomic E-state index is 12.7. The van der Waals surface area contributed by atoms with E-state index in [1.165, 1.54) is 24.9 Å². The van der Waals surface area contributed by atoms with Crippen molar-refractivity contribution in [2.75, 3.05) is 30.4 Å². The molecule has 0 bridgehead atoms. The third kappa shape index (κ3) is 4.36. The van der Waals surface area contributed by atoms with Gasteiger partial charge in [-0.3, -0.25) is 4.79 Å². The van der Waals surface area contributed by atoms with Gasteiger partial charge in [0, 0.05) is 43.6 Å². The molecule has 0 spiro atoms. The van der Waals surface area contributed by atoms with Gasteiger partial charge in [0.1, 0.15) is 0 Å². The molecule has 0 atom stereocenters. The molecule has 3 heterocycles. The average Bonchev–Trinajstić information content (AvgIpc) is 3.10. The molecule has 1 fully saturated rings. The van der Waals surface area contributed by atoms with Crippen LogP contribution in [0.4, 0.5) is 11.4 Å². The molecule has 1 aromatic carbocycles. The molecule has 1 saturated heterocycles. The molecule has 164 valence electrons. The molecule has 3 aromatic rings. The number of aromatic nitrogens is 3. The number of nitrogens with zero attached hydrogens (tertiary/aromatic N) is 4. The van der Waals surface area contributed by atoms with Gasteiger partial charge < -0.3 is 15.0 Å². The first-order chi connectivity index (χ1) is 15.0. The molecule has 7 nitrogen and oxygen atoms in total. The number of hydrogen-bond acceptors (Lipinski definition) is 5. The summed E-state index contributed by atoms with van der Waals surface area (Å²) in [7, 11) is 3.48. The number of methoxy groups -OCH3 is 1. The van der Waals surface area contributed by atoms with Gasteiger partial charge in [-0.05, 0) is 68.9 Å². The summed E-state index contributed by atoms with van der Waals surface area (Å²) in [5, 5.41) is 8.38. The number of fused-ring (bicyclic) bond motifs is 1. The third-order valence-electron chi connectivity index (χ3n) is 6.17. The monoisotopic (exact) mass is 421 g/mol. The van der Waals surface area contributed by atoms with Crippen molar-refractivity contribution in [1.29, 1.82) is 0 Å². The molecule has 0 saturated carbocycles. The van der Waals surface area contributed by atoms with Gasteiger partial charge in [0.05, 0.1) is 12.5 Å². The Labute approximate surface area is 183 Å². The minimum Gasteiger partial charge on any atom is -0.479 e. The summed E-state index contributed by atoms with van der Waals surface area (Å²) < 4.78 is 7.17. The smallest absolute Gasteiger partial charge is 0.242 e. The summed E-state index contributed by atoms with van der Waals surface area (Å²) in [5.41, 5.74) is 5.92. The highest BCUT2D eigenvalue weighted by molar-refractivity contribution is 5.92. The van der Waals surface area contributed by atoms with Crippen molar-refractivity contribution >= 4 is 28.3 Å². The molecule has 0 aliphatic carbocycles. The van der Waals surface area contributed by atoms with Crippen LogP contribution in [-0.4, -0.2) is 40.9 Å². The van der Waals surface area contributed by atoms with Gasteiger partial charge in [0.25, 0.3) is 0 Å². The Morgan fingerprint density at radius 3 is 2.71 bits per heavy atom. The Morgan fingerprint density at radius 1 is 1.19 bits per heavy atom. The predicted molar refractivity (Wildman–Crippen MR) is 124 cm³/mol. The number of pyridine rings is 1. The van der Waals surface area contributed by atoms with E-state index in [-0.39, 0.29) is 5.91 Å². The van der Waals surface area contributed by atoms with Crippen LogP contribution in [0.3, 0.4) is 0 Å². The molecule has 31 heavy (non-hydrogen) atoms. The van der Waals surface area contributed by atoms with Crippen molar-refractivity contribution in [2.24, 2.45) is 7.05 Å². The van der Waals surface area contributed by atoms with Gasteiger partial charge in [-0.2, -0.15) is 0 Å². The van der Waals surface area contributed by atoms with Crippen LogP contribution in [0.2, 0.25) is 0 Å². The number of nitrogens with one attached hydrogen (secondary N) is 1. The number of carbonyl (C=O) groups is 1. The van der Waals surface area contributed by atoms with Crippen LogP contribution in [-0.2, 0) is 18.3 Å². The number of rotatable bonds is 6. The lowest BCUT2D eigenvalue weighted by Gasteiger charge is -2.29. The Morgan fingerprint density at radius 2 is 1.97 bits per heavy atom. The summed E-state index contributed by atoms with van der Waals surface area (Å²) in [6, 6.07) is 8.17. The minimum absolute atomic E-state index is 0.00726. The van der Waals surface area contributed by atoms with Gasteiger partial charge in [-0.25, -0.2) is 9.67 Å².